The maximum absolute atomic E-state index is 12.0. The number of rotatable bonds is 2. The zero-order valence-corrected chi connectivity index (χ0v) is 10.6. The molecule has 1 atom stereocenters. The molecule has 5 heteroatoms. The first-order valence-corrected chi connectivity index (χ1v) is 6.56. The molecule has 0 saturated heterocycles. The predicted molar refractivity (Wildman–Crippen MR) is 69.1 cm³/mol. The van der Waals surface area contributed by atoms with E-state index in [0.717, 1.165) is 10.6 Å². The van der Waals surface area contributed by atoms with Gasteiger partial charge < -0.3 is 10.2 Å². The van der Waals surface area contributed by atoms with Crippen LogP contribution in [-0.4, -0.2) is 23.4 Å². The number of aryl methyl sites for hydroxylation is 1. The van der Waals surface area contributed by atoms with Crippen molar-refractivity contribution in [2.45, 2.75) is 19.6 Å². The number of hydrogen-bond acceptors (Lipinski definition) is 4. The standard InChI is InChI=1S/C12H14N2O2S/c1-8-5-3-4-6-9(8)12(15)13-10-7-11(17-2)14-16-10/h3-6,10H,7H2,1-2H3,(H,13,15). The number of benzene rings is 1. The maximum atomic E-state index is 12.0. The third-order valence-electron chi connectivity index (χ3n) is 2.56. The van der Waals surface area contributed by atoms with Gasteiger partial charge in [0.25, 0.3) is 5.91 Å². The van der Waals surface area contributed by atoms with Gasteiger partial charge in [-0.25, -0.2) is 0 Å². The summed E-state index contributed by atoms with van der Waals surface area (Å²) in [6, 6.07) is 7.47. The average molecular weight is 250 g/mol. The van der Waals surface area contributed by atoms with Crippen molar-refractivity contribution >= 4 is 22.7 Å². The molecule has 1 aliphatic heterocycles. The van der Waals surface area contributed by atoms with Crippen molar-refractivity contribution < 1.29 is 9.63 Å². The lowest BCUT2D eigenvalue weighted by atomic mass is 10.1. The first-order valence-electron chi connectivity index (χ1n) is 5.34. The number of oxime groups is 1. The molecule has 90 valence electrons. The van der Waals surface area contributed by atoms with Gasteiger partial charge in [0.05, 0.1) is 6.42 Å². The average Bonchev–Trinajstić information content (AvgIpc) is 2.77. The Bertz CT molecular complexity index is 460. The van der Waals surface area contributed by atoms with E-state index in [1.807, 2.05) is 31.4 Å². The van der Waals surface area contributed by atoms with Gasteiger partial charge in [-0.2, -0.15) is 0 Å². The van der Waals surface area contributed by atoms with Gasteiger partial charge in [0.15, 0.2) is 0 Å². The Morgan fingerprint density at radius 1 is 1.53 bits per heavy atom. The van der Waals surface area contributed by atoms with Crippen LogP contribution in [0, 0.1) is 6.92 Å². The number of carbonyl (C=O) groups is 1. The summed E-state index contributed by atoms with van der Waals surface area (Å²) in [5.74, 6) is -0.120. The summed E-state index contributed by atoms with van der Waals surface area (Å²) in [5.41, 5.74) is 1.63. The third-order valence-corrected chi connectivity index (χ3v) is 3.27. The Kier molecular flexibility index (Phi) is 3.68. The normalized spacial score (nSPS) is 18.5. The molecule has 1 aromatic rings. The highest BCUT2D eigenvalue weighted by Gasteiger charge is 2.22. The summed E-state index contributed by atoms with van der Waals surface area (Å²) < 4.78 is 0. The molecule has 0 fully saturated rings. The van der Waals surface area contributed by atoms with E-state index < -0.39 is 0 Å². The van der Waals surface area contributed by atoms with Gasteiger partial charge >= 0.3 is 0 Å². The van der Waals surface area contributed by atoms with E-state index in [0.29, 0.717) is 12.0 Å². The van der Waals surface area contributed by atoms with Crippen molar-refractivity contribution in [2.24, 2.45) is 5.16 Å². The second kappa shape index (κ2) is 5.23. The van der Waals surface area contributed by atoms with Crippen molar-refractivity contribution in [1.29, 1.82) is 0 Å². The summed E-state index contributed by atoms with van der Waals surface area (Å²) >= 11 is 1.54. The molecule has 2 rings (SSSR count). The summed E-state index contributed by atoms with van der Waals surface area (Å²) in [7, 11) is 0. The third kappa shape index (κ3) is 2.79. The molecule has 0 aromatic heterocycles. The maximum Gasteiger partial charge on any atom is 0.254 e. The summed E-state index contributed by atoms with van der Waals surface area (Å²) in [5, 5.41) is 7.58. The molecule has 17 heavy (non-hydrogen) atoms. The molecular formula is C12H14N2O2S. The Labute approximate surface area is 104 Å². The zero-order chi connectivity index (χ0) is 12.3. The second-order valence-electron chi connectivity index (χ2n) is 3.78. The largest absolute Gasteiger partial charge is 0.369 e. The van der Waals surface area contributed by atoms with Gasteiger partial charge in [0.1, 0.15) is 5.04 Å². The molecule has 1 aromatic carbocycles. The molecule has 1 unspecified atom stereocenters. The minimum Gasteiger partial charge on any atom is -0.369 e. The van der Waals surface area contributed by atoms with Gasteiger partial charge in [-0.05, 0) is 24.8 Å². The number of carbonyl (C=O) groups excluding carboxylic acids is 1. The van der Waals surface area contributed by atoms with Crippen LogP contribution in [0.15, 0.2) is 29.4 Å². The van der Waals surface area contributed by atoms with E-state index in [4.69, 9.17) is 4.84 Å². The van der Waals surface area contributed by atoms with E-state index in [1.165, 1.54) is 11.8 Å². The summed E-state index contributed by atoms with van der Waals surface area (Å²) in [6.07, 6.45) is 2.23. The number of nitrogens with one attached hydrogen (secondary N) is 1. The van der Waals surface area contributed by atoms with Gasteiger partial charge in [-0.15, -0.1) is 11.8 Å². The molecule has 1 heterocycles. The van der Waals surface area contributed by atoms with Crippen molar-refractivity contribution in [3.05, 3.63) is 35.4 Å². The van der Waals surface area contributed by atoms with Gasteiger partial charge in [-0.1, -0.05) is 23.4 Å². The molecule has 1 aliphatic rings. The highest BCUT2D eigenvalue weighted by molar-refractivity contribution is 8.13. The van der Waals surface area contributed by atoms with E-state index in [-0.39, 0.29) is 12.1 Å². The molecule has 0 spiro atoms. The molecule has 1 amide bonds. The zero-order valence-electron chi connectivity index (χ0n) is 9.77. The van der Waals surface area contributed by atoms with Crippen LogP contribution in [0.5, 0.6) is 0 Å². The molecule has 4 nitrogen and oxygen atoms in total. The van der Waals surface area contributed by atoms with E-state index in [1.54, 1.807) is 6.07 Å². The Balaban J connectivity index is 1.97. The van der Waals surface area contributed by atoms with Crippen molar-refractivity contribution in [3.8, 4) is 0 Å². The quantitative estimate of drug-likeness (QED) is 0.875. The molecule has 0 bridgehead atoms. The first-order chi connectivity index (χ1) is 8.20. The highest BCUT2D eigenvalue weighted by Crippen LogP contribution is 2.16. The predicted octanol–water partition coefficient (Wildman–Crippen LogP) is 2.15. The second-order valence-corrected chi connectivity index (χ2v) is 4.66. The molecule has 1 N–H and O–H groups in total. The van der Waals surface area contributed by atoms with Crippen LogP contribution in [0.1, 0.15) is 22.3 Å². The Hall–Kier alpha value is -1.49. The Morgan fingerprint density at radius 2 is 2.29 bits per heavy atom. The summed E-state index contributed by atoms with van der Waals surface area (Å²) in [4.78, 5) is 17.1. The van der Waals surface area contributed by atoms with Crippen LogP contribution >= 0.6 is 11.8 Å². The lowest BCUT2D eigenvalue weighted by Gasteiger charge is -2.11. The van der Waals surface area contributed by atoms with E-state index in [9.17, 15) is 4.79 Å². The highest BCUT2D eigenvalue weighted by atomic mass is 32.2. The van der Waals surface area contributed by atoms with Crippen LogP contribution in [0.2, 0.25) is 0 Å². The van der Waals surface area contributed by atoms with Crippen LogP contribution in [-0.2, 0) is 4.84 Å². The molecule has 0 radical (unpaired) electrons. The minimum atomic E-state index is -0.343. The smallest absolute Gasteiger partial charge is 0.254 e. The summed E-state index contributed by atoms with van der Waals surface area (Å²) in [6.45, 7) is 1.91. The monoisotopic (exact) mass is 250 g/mol. The topological polar surface area (TPSA) is 50.7 Å². The van der Waals surface area contributed by atoms with E-state index >= 15 is 0 Å². The van der Waals surface area contributed by atoms with Crippen molar-refractivity contribution in [2.75, 3.05) is 6.26 Å². The number of nitrogens with zero attached hydrogens (tertiary/aromatic N) is 1. The molecule has 0 aliphatic carbocycles. The van der Waals surface area contributed by atoms with E-state index in [2.05, 4.69) is 10.5 Å². The molecular weight excluding hydrogens is 236 g/mol. The fourth-order valence-electron chi connectivity index (χ4n) is 1.61. The number of hydrogen-bond donors (Lipinski definition) is 1. The fourth-order valence-corrected chi connectivity index (χ4v) is 2.04. The van der Waals surface area contributed by atoms with Crippen molar-refractivity contribution in [3.63, 3.8) is 0 Å². The molecule has 0 saturated carbocycles. The fraction of sp³-hybridized carbons (Fsp3) is 0.333. The van der Waals surface area contributed by atoms with Crippen molar-refractivity contribution in [1.82, 2.24) is 5.32 Å². The van der Waals surface area contributed by atoms with Crippen LogP contribution in [0.25, 0.3) is 0 Å². The van der Waals surface area contributed by atoms with Crippen LogP contribution in [0.4, 0.5) is 0 Å². The van der Waals surface area contributed by atoms with Gasteiger partial charge in [0.2, 0.25) is 6.23 Å². The lowest BCUT2D eigenvalue weighted by molar-refractivity contribution is 0.0502. The minimum absolute atomic E-state index is 0.120. The Morgan fingerprint density at radius 3 is 2.94 bits per heavy atom. The van der Waals surface area contributed by atoms with Crippen LogP contribution < -0.4 is 5.32 Å². The number of amides is 1. The van der Waals surface area contributed by atoms with Gasteiger partial charge in [-0.3, -0.25) is 4.79 Å². The lowest BCUT2D eigenvalue weighted by Crippen LogP contribution is -2.35. The van der Waals surface area contributed by atoms with Gasteiger partial charge in [0, 0.05) is 5.56 Å². The first kappa shape index (κ1) is 12.0. The SMILES string of the molecule is CSC1=NOC(NC(=O)c2ccccc2C)C1. The van der Waals surface area contributed by atoms with Crippen LogP contribution in [0.3, 0.4) is 0 Å². The number of thioether (sulfide) groups is 1.